The topological polar surface area (TPSA) is 20.2 Å². The molecule has 0 unspecified atom stereocenters. The molecule has 1 N–H and O–H groups in total. The first kappa shape index (κ1) is 11.8. The van der Waals surface area contributed by atoms with Crippen LogP contribution in [0.1, 0.15) is 45.1 Å². The van der Waals surface area contributed by atoms with Crippen LogP contribution in [0.5, 0.6) is 5.75 Å². The highest BCUT2D eigenvalue weighted by atomic mass is 16.3. The number of phenols is 1. The fraction of sp³-hybridized carbons (Fsp3) is 0.429. The number of allylic oxidation sites excluding steroid dienone is 2. The summed E-state index contributed by atoms with van der Waals surface area (Å²) in [5, 5.41) is 9.67. The molecule has 0 aromatic heterocycles. The molecular weight excluding hydrogens is 184 g/mol. The lowest BCUT2D eigenvalue weighted by atomic mass is 9.95. The Kier molecular flexibility index (Phi) is 4.41. The summed E-state index contributed by atoms with van der Waals surface area (Å²) in [6, 6.07) is 7.60. The number of rotatable bonds is 4. The number of hydrogen-bond donors (Lipinski definition) is 1. The Hall–Kier alpha value is -1.24. The second kappa shape index (κ2) is 5.59. The molecule has 0 amide bonds. The van der Waals surface area contributed by atoms with E-state index < -0.39 is 0 Å². The molecule has 0 aliphatic heterocycles. The molecule has 1 nitrogen and oxygen atoms in total. The second-order valence-corrected chi connectivity index (χ2v) is 4.32. The molecule has 0 saturated carbocycles. The Morgan fingerprint density at radius 2 is 2.00 bits per heavy atom. The third-order valence-electron chi connectivity index (χ3n) is 2.62. The van der Waals surface area contributed by atoms with Crippen LogP contribution in [-0.2, 0) is 0 Å². The van der Waals surface area contributed by atoms with Crippen LogP contribution in [-0.4, -0.2) is 5.11 Å². The highest BCUT2D eigenvalue weighted by Crippen LogP contribution is 2.28. The van der Waals surface area contributed by atoms with Gasteiger partial charge in [-0.05, 0) is 44.2 Å². The zero-order chi connectivity index (χ0) is 11.3. The van der Waals surface area contributed by atoms with E-state index in [1.165, 1.54) is 5.57 Å². The van der Waals surface area contributed by atoms with E-state index in [1.807, 2.05) is 18.2 Å². The molecule has 82 valence electrons. The van der Waals surface area contributed by atoms with Gasteiger partial charge in [0.2, 0.25) is 0 Å². The first-order valence-corrected chi connectivity index (χ1v) is 5.52. The minimum absolute atomic E-state index is 0.418. The van der Waals surface area contributed by atoms with Crippen molar-refractivity contribution in [1.29, 1.82) is 0 Å². The molecule has 0 heterocycles. The summed E-state index contributed by atoms with van der Waals surface area (Å²) < 4.78 is 0. The van der Waals surface area contributed by atoms with Crippen molar-refractivity contribution in [3.63, 3.8) is 0 Å². The van der Waals surface area contributed by atoms with Gasteiger partial charge in [-0.3, -0.25) is 0 Å². The van der Waals surface area contributed by atoms with E-state index in [4.69, 9.17) is 0 Å². The van der Waals surface area contributed by atoms with Crippen LogP contribution in [0, 0.1) is 0 Å². The van der Waals surface area contributed by atoms with Gasteiger partial charge in [-0.15, -0.1) is 0 Å². The second-order valence-electron chi connectivity index (χ2n) is 4.32. The Morgan fingerprint density at radius 3 is 2.60 bits per heavy atom. The van der Waals surface area contributed by atoms with Crippen LogP contribution in [0.25, 0.3) is 0 Å². The standard InChI is InChI=1S/C14H20O/c1-11(2)7-6-8-12(3)13-9-4-5-10-14(13)15/h4-5,7,9-10,12,15H,6,8H2,1-3H3/t12-/m1/s1. The van der Waals surface area contributed by atoms with Crippen molar-refractivity contribution in [2.45, 2.75) is 39.5 Å². The Bertz CT molecular complexity index is 335. The molecule has 1 rings (SSSR count). The van der Waals surface area contributed by atoms with Crippen LogP contribution < -0.4 is 0 Å². The number of aromatic hydroxyl groups is 1. The first-order valence-electron chi connectivity index (χ1n) is 5.52. The van der Waals surface area contributed by atoms with Crippen molar-refractivity contribution < 1.29 is 5.11 Å². The molecule has 0 spiro atoms. The van der Waals surface area contributed by atoms with Crippen molar-refractivity contribution in [3.05, 3.63) is 41.5 Å². The van der Waals surface area contributed by atoms with E-state index in [-0.39, 0.29) is 0 Å². The maximum atomic E-state index is 9.67. The van der Waals surface area contributed by atoms with Crippen LogP contribution in [0.2, 0.25) is 0 Å². The van der Waals surface area contributed by atoms with E-state index >= 15 is 0 Å². The van der Waals surface area contributed by atoms with E-state index in [9.17, 15) is 5.11 Å². The third-order valence-corrected chi connectivity index (χ3v) is 2.62. The molecule has 0 radical (unpaired) electrons. The molecule has 0 bridgehead atoms. The zero-order valence-electron chi connectivity index (χ0n) is 9.83. The summed E-state index contributed by atoms with van der Waals surface area (Å²) in [6.07, 6.45) is 4.41. The summed E-state index contributed by atoms with van der Waals surface area (Å²) in [6.45, 7) is 6.39. The van der Waals surface area contributed by atoms with Gasteiger partial charge in [-0.1, -0.05) is 36.8 Å². The highest BCUT2D eigenvalue weighted by molar-refractivity contribution is 5.34. The van der Waals surface area contributed by atoms with Crippen LogP contribution in [0.15, 0.2) is 35.9 Å². The highest BCUT2D eigenvalue weighted by Gasteiger charge is 2.08. The van der Waals surface area contributed by atoms with Gasteiger partial charge in [-0.25, -0.2) is 0 Å². The molecule has 1 atom stereocenters. The summed E-state index contributed by atoms with van der Waals surface area (Å²) in [5.41, 5.74) is 2.42. The Labute approximate surface area is 92.5 Å². The van der Waals surface area contributed by atoms with E-state index in [2.05, 4.69) is 26.8 Å². The fourth-order valence-corrected chi connectivity index (χ4v) is 1.68. The lowest BCUT2D eigenvalue weighted by Gasteiger charge is -2.12. The minimum atomic E-state index is 0.418. The maximum absolute atomic E-state index is 9.67. The van der Waals surface area contributed by atoms with Crippen LogP contribution >= 0.6 is 0 Å². The predicted octanol–water partition coefficient (Wildman–Crippen LogP) is 4.24. The normalized spacial score (nSPS) is 12.2. The van der Waals surface area contributed by atoms with Crippen molar-refractivity contribution in [2.24, 2.45) is 0 Å². The van der Waals surface area contributed by atoms with Gasteiger partial charge in [0.15, 0.2) is 0 Å². The molecule has 0 aliphatic rings. The molecular formula is C14H20O. The minimum Gasteiger partial charge on any atom is -0.508 e. The van der Waals surface area contributed by atoms with Gasteiger partial charge in [0.25, 0.3) is 0 Å². The van der Waals surface area contributed by atoms with Crippen LogP contribution in [0.4, 0.5) is 0 Å². The van der Waals surface area contributed by atoms with Gasteiger partial charge in [0, 0.05) is 0 Å². The third kappa shape index (κ3) is 3.78. The number of hydrogen-bond acceptors (Lipinski definition) is 1. The maximum Gasteiger partial charge on any atom is 0.119 e. The molecule has 0 fully saturated rings. The number of phenolic OH excluding ortho intramolecular Hbond substituents is 1. The summed E-state index contributed by atoms with van der Waals surface area (Å²) in [4.78, 5) is 0. The van der Waals surface area contributed by atoms with E-state index in [1.54, 1.807) is 6.07 Å². The monoisotopic (exact) mass is 204 g/mol. The van der Waals surface area contributed by atoms with Gasteiger partial charge in [-0.2, -0.15) is 0 Å². The van der Waals surface area contributed by atoms with Gasteiger partial charge in [0.05, 0.1) is 0 Å². The summed E-state index contributed by atoms with van der Waals surface area (Å²) >= 11 is 0. The molecule has 0 aliphatic carbocycles. The number of benzene rings is 1. The van der Waals surface area contributed by atoms with Gasteiger partial charge < -0.3 is 5.11 Å². The smallest absolute Gasteiger partial charge is 0.119 e. The van der Waals surface area contributed by atoms with Crippen molar-refractivity contribution in [2.75, 3.05) is 0 Å². The Balaban J connectivity index is 2.58. The fourth-order valence-electron chi connectivity index (χ4n) is 1.68. The van der Waals surface area contributed by atoms with E-state index in [0.29, 0.717) is 11.7 Å². The first-order chi connectivity index (χ1) is 7.11. The Morgan fingerprint density at radius 1 is 1.33 bits per heavy atom. The van der Waals surface area contributed by atoms with Crippen LogP contribution in [0.3, 0.4) is 0 Å². The van der Waals surface area contributed by atoms with Crippen molar-refractivity contribution >= 4 is 0 Å². The molecule has 1 aromatic rings. The van der Waals surface area contributed by atoms with Gasteiger partial charge in [0.1, 0.15) is 5.75 Å². The largest absolute Gasteiger partial charge is 0.508 e. The summed E-state index contributed by atoms with van der Waals surface area (Å²) in [7, 11) is 0. The average molecular weight is 204 g/mol. The van der Waals surface area contributed by atoms with Crippen molar-refractivity contribution in [1.82, 2.24) is 0 Å². The number of para-hydroxylation sites is 1. The predicted molar refractivity (Wildman–Crippen MR) is 65.2 cm³/mol. The molecule has 0 saturated heterocycles. The zero-order valence-corrected chi connectivity index (χ0v) is 9.83. The molecule has 1 heteroatoms. The molecule has 15 heavy (non-hydrogen) atoms. The molecule has 1 aromatic carbocycles. The lowest BCUT2D eigenvalue weighted by molar-refractivity contribution is 0.461. The van der Waals surface area contributed by atoms with E-state index in [0.717, 1.165) is 18.4 Å². The SMILES string of the molecule is CC(C)=CCC[C@@H](C)c1ccccc1O. The quantitative estimate of drug-likeness (QED) is 0.727. The summed E-state index contributed by atoms with van der Waals surface area (Å²) in [5.74, 6) is 0.837. The lowest BCUT2D eigenvalue weighted by Crippen LogP contribution is -1.93. The average Bonchev–Trinajstić information content (AvgIpc) is 2.17. The van der Waals surface area contributed by atoms with Crippen molar-refractivity contribution in [3.8, 4) is 5.75 Å². The van der Waals surface area contributed by atoms with Gasteiger partial charge >= 0.3 is 0 Å².